The number of nitriles is 1. The van der Waals surface area contributed by atoms with E-state index in [1.54, 1.807) is 62.6 Å². The minimum Gasteiger partial charge on any atom is -0.493 e. The summed E-state index contributed by atoms with van der Waals surface area (Å²) in [5.41, 5.74) is 2.65. The minimum absolute atomic E-state index is 0.212. The highest BCUT2D eigenvalue weighted by atomic mass is 16.5. The van der Waals surface area contributed by atoms with Gasteiger partial charge in [0.1, 0.15) is 5.69 Å². The highest BCUT2D eigenvalue weighted by Gasteiger charge is 2.13. The fourth-order valence-electron chi connectivity index (χ4n) is 2.61. The molecule has 3 aromatic rings. The number of aryl methyl sites for hydroxylation is 1. The van der Waals surface area contributed by atoms with Crippen LogP contribution in [-0.4, -0.2) is 30.1 Å². The van der Waals surface area contributed by atoms with Crippen molar-refractivity contribution in [2.75, 3.05) is 24.9 Å². The van der Waals surface area contributed by atoms with E-state index in [4.69, 9.17) is 14.7 Å². The Morgan fingerprint density at radius 1 is 0.966 bits per heavy atom. The third-order valence-corrected chi connectivity index (χ3v) is 4.00. The Labute approximate surface area is 168 Å². The van der Waals surface area contributed by atoms with Gasteiger partial charge in [-0.15, -0.1) is 0 Å². The van der Waals surface area contributed by atoms with Gasteiger partial charge in [0.15, 0.2) is 11.5 Å². The fourth-order valence-corrected chi connectivity index (χ4v) is 2.61. The molecule has 1 aromatic heterocycles. The van der Waals surface area contributed by atoms with Gasteiger partial charge in [-0.25, -0.2) is 9.97 Å². The average molecular weight is 389 g/mol. The van der Waals surface area contributed by atoms with Crippen molar-refractivity contribution in [1.82, 2.24) is 9.97 Å². The van der Waals surface area contributed by atoms with Crippen LogP contribution < -0.4 is 20.1 Å². The number of carbonyl (C=O) groups excluding carboxylic acids is 1. The zero-order valence-corrected chi connectivity index (χ0v) is 16.2. The second-order valence-corrected chi connectivity index (χ2v) is 6.06. The van der Waals surface area contributed by atoms with Crippen molar-refractivity contribution < 1.29 is 14.3 Å². The highest BCUT2D eigenvalue weighted by Crippen LogP contribution is 2.30. The Kier molecular flexibility index (Phi) is 5.90. The molecule has 0 spiro atoms. The summed E-state index contributed by atoms with van der Waals surface area (Å²) in [6.07, 6.45) is 0. The molecule has 0 saturated carbocycles. The lowest BCUT2D eigenvalue weighted by Gasteiger charge is -2.11. The van der Waals surface area contributed by atoms with E-state index in [2.05, 4.69) is 26.7 Å². The number of hydrogen-bond acceptors (Lipinski definition) is 7. The maximum atomic E-state index is 12.7. The largest absolute Gasteiger partial charge is 0.493 e. The van der Waals surface area contributed by atoms with Crippen LogP contribution in [0.4, 0.5) is 17.3 Å². The summed E-state index contributed by atoms with van der Waals surface area (Å²) in [4.78, 5) is 21.3. The molecule has 3 rings (SSSR count). The topological polar surface area (TPSA) is 109 Å². The first-order chi connectivity index (χ1) is 14.0. The van der Waals surface area contributed by atoms with Gasteiger partial charge in [-0.3, -0.25) is 4.79 Å². The minimum atomic E-state index is -0.384. The molecule has 0 unspecified atom stereocenters. The zero-order valence-electron chi connectivity index (χ0n) is 16.2. The summed E-state index contributed by atoms with van der Waals surface area (Å²) in [7, 11) is 3.07. The summed E-state index contributed by atoms with van der Waals surface area (Å²) in [5, 5.41) is 14.7. The normalized spacial score (nSPS) is 10.0. The molecule has 8 heteroatoms. The molecule has 0 aliphatic carbocycles. The SMILES string of the molecule is COc1ccc(NC(=O)c2cc(C)nc(Nc3ccc(C#N)cc3)n2)cc1OC. The molecular weight excluding hydrogens is 370 g/mol. The van der Waals surface area contributed by atoms with Crippen molar-refractivity contribution in [3.63, 3.8) is 0 Å². The molecule has 0 saturated heterocycles. The fraction of sp³-hybridized carbons (Fsp3) is 0.143. The number of rotatable bonds is 6. The molecule has 0 bridgehead atoms. The second-order valence-electron chi connectivity index (χ2n) is 6.06. The van der Waals surface area contributed by atoms with Gasteiger partial charge in [0.25, 0.3) is 5.91 Å². The van der Waals surface area contributed by atoms with E-state index in [0.29, 0.717) is 34.1 Å². The van der Waals surface area contributed by atoms with Crippen molar-refractivity contribution in [3.05, 3.63) is 65.5 Å². The molecule has 1 heterocycles. The second kappa shape index (κ2) is 8.71. The maximum absolute atomic E-state index is 12.7. The summed E-state index contributed by atoms with van der Waals surface area (Å²) < 4.78 is 10.5. The molecule has 1 amide bonds. The number of methoxy groups -OCH3 is 2. The van der Waals surface area contributed by atoms with Gasteiger partial charge < -0.3 is 20.1 Å². The van der Waals surface area contributed by atoms with Crippen LogP contribution in [-0.2, 0) is 0 Å². The number of nitrogens with one attached hydrogen (secondary N) is 2. The van der Waals surface area contributed by atoms with E-state index >= 15 is 0 Å². The Morgan fingerprint density at radius 3 is 2.31 bits per heavy atom. The van der Waals surface area contributed by atoms with Crippen LogP contribution >= 0.6 is 0 Å². The Balaban J connectivity index is 1.79. The van der Waals surface area contributed by atoms with Crippen molar-refractivity contribution >= 4 is 23.2 Å². The molecule has 29 heavy (non-hydrogen) atoms. The van der Waals surface area contributed by atoms with Crippen LogP contribution in [0.1, 0.15) is 21.7 Å². The monoisotopic (exact) mass is 389 g/mol. The smallest absolute Gasteiger partial charge is 0.274 e. The van der Waals surface area contributed by atoms with E-state index in [1.807, 2.05) is 0 Å². The standard InChI is InChI=1S/C21H19N5O3/c1-13-10-17(20(27)24-16-8-9-18(28-2)19(11-16)29-3)26-21(23-13)25-15-6-4-14(12-22)5-7-15/h4-11H,1-3H3,(H,24,27)(H,23,25,26). The number of nitrogens with zero attached hydrogens (tertiary/aromatic N) is 3. The van der Waals surface area contributed by atoms with Crippen LogP contribution in [0.15, 0.2) is 48.5 Å². The Morgan fingerprint density at radius 2 is 1.66 bits per heavy atom. The molecule has 146 valence electrons. The third kappa shape index (κ3) is 4.78. The van der Waals surface area contributed by atoms with Crippen LogP contribution in [0.5, 0.6) is 11.5 Å². The van der Waals surface area contributed by atoms with Crippen molar-refractivity contribution in [1.29, 1.82) is 5.26 Å². The lowest BCUT2D eigenvalue weighted by molar-refractivity contribution is 0.102. The lowest BCUT2D eigenvalue weighted by atomic mass is 10.2. The number of carbonyl (C=O) groups is 1. The molecule has 2 aromatic carbocycles. The lowest BCUT2D eigenvalue weighted by Crippen LogP contribution is -2.15. The van der Waals surface area contributed by atoms with E-state index in [0.717, 1.165) is 0 Å². The summed E-state index contributed by atoms with van der Waals surface area (Å²) in [6.45, 7) is 1.78. The molecule has 0 atom stereocenters. The van der Waals surface area contributed by atoms with Crippen molar-refractivity contribution in [2.45, 2.75) is 6.92 Å². The predicted molar refractivity (Wildman–Crippen MR) is 109 cm³/mol. The number of benzene rings is 2. The van der Waals surface area contributed by atoms with Crippen LogP contribution in [0.3, 0.4) is 0 Å². The highest BCUT2D eigenvalue weighted by molar-refractivity contribution is 6.03. The molecule has 0 aliphatic heterocycles. The van der Waals surface area contributed by atoms with Gasteiger partial charge in [0.2, 0.25) is 5.95 Å². The molecule has 0 radical (unpaired) electrons. The van der Waals surface area contributed by atoms with Gasteiger partial charge in [-0.05, 0) is 49.4 Å². The Bertz CT molecular complexity index is 1070. The van der Waals surface area contributed by atoms with Crippen LogP contribution in [0.2, 0.25) is 0 Å². The molecular formula is C21H19N5O3. The van der Waals surface area contributed by atoms with E-state index < -0.39 is 0 Å². The summed E-state index contributed by atoms with van der Waals surface area (Å²) in [5.74, 6) is 0.974. The first kappa shape index (κ1) is 19.6. The summed E-state index contributed by atoms with van der Waals surface area (Å²) >= 11 is 0. The molecule has 8 nitrogen and oxygen atoms in total. The van der Waals surface area contributed by atoms with Gasteiger partial charge in [0.05, 0.1) is 25.9 Å². The third-order valence-electron chi connectivity index (χ3n) is 4.00. The maximum Gasteiger partial charge on any atom is 0.274 e. The number of amides is 1. The van der Waals surface area contributed by atoms with Crippen LogP contribution in [0, 0.1) is 18.3 Å². The number of ether oxygens (including phenoxy) is 2. The zero-order chi connectivity index (χ0) is 20.8. The number of anilines is 3. The van der Waals surface area contributed by atoms with Gasteiger partial charge in [-0.1, -0.05) is 0 Å². The molecule has 0 aliphatic rings. The van der Waals surface area contributed by atoms with Gasteiger partial charge in [0, 0.05) is 23.1 Å². The predicted octanol–water partition coefficient (Wildman–Crippen LogP) is 3.67. The number of aromatic nitrogens is 2. The average Bonchev–Trinajstić information content (AvgIpc) is 2.73. The van der Waals surface area contributed by atoms with Crippen molar-refractivity contribution in [2.24, 2.45) is 0 Å². The molecule has 0 fully saturated rings. The van der Waals surface area contributed by atoms with E-state index in [1.165, 1.54) is 7.11 Å². The van der Waals surface area contributed by atoms with E-state index in [-0.39, 0.29) is 17.5 Å². The first-order valence-corrected chi connectivity index (χ1v) is 8.68. The Hall–Kier alpha value is -4.12. The molecule has 2 N–H and O–H groups in total. The van der Waals surface area contributed by atoms with Gasteiger partial charge >= 0.3 is 0 Å². The first-order valence-electron chi connectivity index (χ1n) is 8.68. The van der Waals surface area contributed by atoms with Gasteiger partial charge in [-0.2, -0.15) is 5.26 Å². The van der Waals surface area contributed by atoms with Crippen LogP contribution in [0.25, 0.3) is 0 Å². The van der Waals surface area contributed by atoms with E-state index in [9.17, 15) is 4.79 Å². The summed E-state index contributed by atoms with van der Waals surface area (Å²) in [6, 6.07) is 15.6. The number of hydrogen-bond donors (Lipinski definition) is 2. The quantitative estimate of drug-likeness (QED) is 0.662. The van der Waals surface area contributed by atoms with Crippen molar-refractivity contribution in [3.8, 4) is 17.6 Å².